The maximum absolute atomic E-state index is 12.6. The Bertz CT molecular complexity index is 1040. The third-order valence-electron chi connectivity index (χ3n) is 4.19. The summed E-state index contributed by atoms with van der Waals surface area (Å²) in [5, 5.41) is 0.850. The largest absolute Gasteiger partial charge is 0.493 e. The summed E-state index contributed by atoms with van der Waals surface area (Å²) in [5.41, 5.74) is 1.06. The Labute approximate surface area is 178 Å². The number of furan rings is 1. The fourth-order valence-electron chi connectivity index (χ4n) is 2.76. The first-order chi connectivity index (χ1) is 14.0. The van der Waals surface area contributed by atoms with Gasteiger partial charge in [-0.05, 0) is 48.6 Å². The van der Waals surface area contributed by atoms with E-state index in [1.807, 2.05) is 6.07 Å². The zero-order chi connectivity index (χ0) is 21.0. The average molecular weight is 433 g/mol. The minimum atomic E-state index is -0.247. The molecule has 0 bridgehead atoms. The summed E-state index contributed by atoms with van der Waals surface area (Å²) in [7, 11) is 4.49. The van der Waals surface area contributed by atoms with E-state index in [-0.39, 0.29) is 5.78 Å². The zero-order valence-electron chi connectivity index (χ0n) is 16.0. The summed E-state index contributed by atoms with van der Waals surface area (Å²) < 4.78 is 21.6. The molecular formula is C22H18Cl2O5. The van der Waals surface area contributed by atoms with Gasteiger partial charge in [0, 0.05) is 11.1 Å². The van der Waals surface area contributed by atoms with E-state index in [1.165, 1.54) is 27.4 Å². The molecule has 0 atom stereocenters. The van der Waals surface area contributed by atoms with Crippen molar-refractivity contribution in [3.05, 3.63) is 69.9 Å². The molecule has 0 spiro atoms. The molecule has 0 radical (unpaired) electrons. The van der Waals surface area contributed by atoms with Crippen LogP contribution >= 0.6 is 23.2 Å². The third kappa shape index (κ3) is 4.42. The van der Waals surface area contributed by atoms with Gasteiger partial charge in [0.1, 0.15) is 11.5 Å². The highest BCUT2D eigenvalue weighted by atomic mass is 35.5. The van der Waals surface area contributed by atoms with Gasteiger partial charge in [0.15, 0.2) is 17.3 Å². The molecule has 0 aliphatic heterocycles. The number of hydrogen-bond donors (Lipinski definition) is 0. The number of carbonyl (C=O) groups excluding carboxylic acids is 1. The first kappa shape index (κ1) is 20.8. The van der Waals surface area contributed by atoms with Crippen molar-refractivity contribution in [1.82, 2.24) is 0 Å². The molecule has 0 saturated heterocycles. The second kappa shape index (κ2) is 9.07. The molecule has 0 saturated carbocycles. The molecule has 0 aliphatic carbocycles. The Morgan fingerprint density at radius 2 is 1.66 bits per heavy atom. The van der Waals surface area contributed by atoms with Crippen LogP contribution in [0.5, 0.6) is 17.2 Å². The van der Waals surface area contributed by atoms with E-state index in [0.717, 1.165) is 0 Å². The van der Waals surface area contributed by atoms with Gasteiger partial charge in [0.2, 0.25) is 5.75 Å². The molecule has 0 N–H and O–H groups in total. The van der Waals surface area contributed by atoms with Crippen LogP contribution in [0.15, 0.2) is 53.0 Å². The molecule has 29 heavy (non-hydrogen) atoms. The molecular weight excluding hydrogens is 415 g/mol. The number of ether oxygens (including phenoxy) is 3. The van der Waals surface area contributed by atoms with Crippen LogP contribution in [0.4, 0.5) is 0 Å². The zero-order valence-corrected chi connectivity index (χ0v) is 17.5. The molecule has 1 aromatic heterocycles. The highest BCUT2D eigenvalue weighted by Gasteiger charge is 2.16. The molecule has 2 aromatic carbocycles. The number of carbonyl (C=O) groups is 1. The summed E-state index contributed by atoms with van der Waals surface area (Å²) in [4.78, 5) is 12.6. The predicted molar refractivity (Wildman–Crippen MR) is 114 cm³/mol. The minimum Gasteiger partial charge on any atom is -0.493 e. The molecule has 0 amide bonds. The van der Waals surface area contributed by atoms with E-state index >= 15 is 0 Å². The number of rotatable bonds is 7. The average Bonchev–Trinajstić information content (AvgIpc) is 3.21. The van der Waals surface area contributed by atoms with Crippen LogP contribution in [0.2, 0.25) is 10.0 Å². The SMILES string of the molecule is COc1cc(C(=O)C=Cc2ccc(-c3cccc(Cl)c3Cl)o2)cc(OC)c1OC. The van der Waals surface area contributed by atoms with Gasteiger partial charge in [-0.2, -0.15) is 0 Å². The van der Waals surface area contributed by atoms with Crippen LogP contribution in [0.3, 0.4) is 0 Å². The number of benzene rings is 2. The van der Waals surface area contributed by atoms with Crippen molar-refractivity contribution in [1.29, 1.82) is 0 Å². The molecule has 1 heterocycles. The smallest absolute Gasteiger partial charge is 0.203 e. The van der Waals surface area contributed by atoms with E-state index in [1.54, 1.807) is 42.5 Å². The summed E-state index contributed by atoms with van der Waals surface area (Å²) in [5.74, 6) is 2.03. The standard InChI is InChI=1S/C22H18Cl2O5/c1-26-19-11-13(12-20(27-2)22(19)28-3)17(25)9-7-14-8-10-18(29-14)15-5-4-6-16(23)21(15)24/h4-12H,1-3H3. The number of halogens is 2. The predicted octanol–water partition coefficient (Wildman–Crippen LogP) is 6.18. The maximum atomic E-state index is 12.6. The van der Waals surface area contributed by atoms with Crippen molar-refractivity contribution < 1.29 is 23.4 Å². The van der Waals surface area contributed by atoms with Gasteiger partial charge >= 0.3 is 0 Å². The van der Waals surface area contributed by atoms with Gasteiger partial charge < -0.3 is 18.6 Å². The van der Waals surface area contributed by atoms with Crippen molar-refractivity contribution in [3.63, 3.8) is 0 Å². The van der Waals surface area contributed by atoms with Gasteiger partial charge in [-0.1, -0.05) is 29.3 Å². The monoisotopic (exact) mass is 432 g/mol. The second-order valence-corrected chi connectivity index (χ2v) is 6.70. The summed E-state index contributed by atoms with van der Waals surface area (Å²) in [6.45, 7) is 0. The Balaban J connectivity index is 1.85. The minimum absolute atomic E-state index is 0.247. The van der Waals surface area contributed by atoms with Crippen LogP contribution in [-0.4, -0.2) is 27.1 Å². The molecule has 7 heteroatoms. The van der Waals surface area contributed by atoms with E-state index < -0.39 is 0 Å². The summed E-state index contributed by atoms with van der Waals surface area (Å²) in [6, 6.07) is 12.0. The fourth-order valence-corrected chi connectivity index (χ4v) is 3.15. The van der Waals surface area contributed by atoms with E-state index in [0.29, 0.717) is 49.9 Å². The lowest BCUT2D eigenvalue weighted by atomic mass is 10.1. The number of allylic oxidation sites excluding steroid dienone is 1. The quantitative estimate of drug-likeness (QED) is 0.329. The van der Waals surface area contributed by atoms with Gasteiger partial charge in [-0.15, -0.1) is 0 Å². The lowest BCUT2D eigenvalue weighted by Gasteiger charge is -2.13. The molecule has 0 unspecified atom stereocenters. The van der Waals surface area contributed by atoms with E-state index in [9.17, 15) is 4.79 Å². The first-order valence-electron chi connectivity index (χ1n) is 8.55. The third-order valence-corrected chi connectivity index (χ3v) is 5.01. The summed E-state index contributed by atoms with van der Waals surface area (Å²) >= 11 is 12.3. The molecule has 150 valence electrons. The van der Waals surface area contributed by atoms with Crippen LogP contribution in [0.25, 0.3) is 17.4 Å². The Hall–Kier alpha value is -2.89. The van der Waals surface area contributed by atoms with Crippen LogP contribution in [-0.2, 0) is 0 Å². The second-order valence-electron chi connectivity index (χ2n) is 5.91. The highest BCUT2D eigenvalue weighted by Crippen LogP contribution is 2.38. The normalized spacial score (nSPS) is 10.9. The Morgan fingerprint density at radius 1 is 0.966 bits per heavy atom. The van der Waals surface area contributed by atoms with E-state index in [4.69, 9.17) is 41.8 Å². The van der Waals surface area contributed by atoms with Gasteiger partial charge in [0.05, 0.1) is 31.4 Å². The summed E-state index contributed by atoms with van der Waals surface area (Å²) in [6.07, 6.45) is 2.98. The Morgan fingerprint density at radius 3 is 2.28 bits per heavy atom. The molecule has 0 fully saturated rings. The lowest BCUT2D eigenvalue weighted by molar-refractivity contribution is 0.104. The lowest BCUT2D eigenvalue weighted by Crippen LogP contribution is -2.00. The topological polar surface area (TPSA) is 57.9 Å². The highest BCUT2D eigenvalue weighted by molar-refractivity contribution is 6.43. The van der Waals surface area contributed by atoms with Gasteiger partial charge in [-0.3, -0.25) is 4.79 Å². The maximum Gasteiger partial charge on any atom is 0.203 e. The molecule has 3 rings (SSSR count). The van der Waals surface area contributed by atoms with Crippen molar-refractivity contribution in [2.75, 3.05) is 21.3 Å². The van der Waals surface area contributed by atoms with Gasteiger partial charge in [-0.25, -0.2) is 0 Å². The molecule has 0 aliphatic rings. The molecule has 3 aromatic rings. The first-order valence-corrected chi connectivity index (χ1v) is 9.30. The number of hydrogen-bond acceptors (Lipinski definition) is 5. The number of methoxy groups -OCH3 is 3. The Kier molecular flexibility index (Phi) is 6.52. The number of ketones is 1. The van der Waals surface area contributed by atoms with Gasteiger partial charge in [0.25, 0.3) is 0 Å². The van der Waals surface area contributed by atoms with Crippen LogP contribution in [0.1, 0.15) is 16.1 Å². The fraction of sp³-hybridized carbons (Fsp3) is 0.136. The molecule has 5 nitrogen and oxygen atoms in total. The van der Waals surface area contributed by atoms with Crippen molar-refractivity contribution in [3.8, 4) is 28.6 Å². The van der Waals surface area contributed by atoms with E-state index in [2.05, 4.69) is 0 Å². The van der Waals surface area contributed by atoms with Crippen molar-refractivity contribution >= 4 is 35.1 Å². The van der Waals surface area contributed by atoms with Crippen LogP contribution in [0, 0.1) is 0 Å². The van der Waals surface area contributed by atoms with Crippen molar-refractivity contribution in [2.45, 2.75) is 0 Å². The van der Waals surface area contributed by atoms with Crippen molar-refractivity contribution in [2.24, 2.45) is 0 Å². The van der Waals surface area contributed by atoms with Crippen LogP contribution < -0.4 is 14.2 Å².